The lowest BCUT2D eigenvalue weighted by Gasteiger charge is -2.22. The van der Waals surface area contributed by atoms with E-state index in [-0.39, 0.29) is 5.60 Å². The van der Waals surface area contributed by atoms with Crippen molar-refractivity contribution in [2.45, 2.75) is 19.4 Å². The van der Waals surface area contributed by atoms with Crippen LogP contribution in [0.3, 0.4) is 0 Å². The van der Waals surface area contributed by atoms with Crippen molar-refractivity contribution in [2.24, 2.45) is 0 Å². The number of rotatable bonds is 5. The highest BCUT2D eigenvalue weighted by Crippen LogP contribution is 2.05. The standard InChI is InChI=1S/C8H16ClNO/c1-7(9)5-10-6-8(2,3)11-4/h10H,1,5-6H2,2-4H3. The van der Waals surface area contributed by atoms with Gasteiger partial charge in [-0.2, -0.15) is 0 Å². The molecule has 0 spiro atoms. The molecule has 0 heterocycles. The highest BCUT2D eigenvalue weighted by molar-refractivity contribution is 6.29. The minimum absolute atomic E-state index is 0.133. The molecule has 0 saturated carbocycles. The number of ether oxygens (including phenoxy) is 1. The highest BCUT2D eigenvalue weighted by Gasteiger charge is 2.14. The summed E-state index contributed by atoms with van der Waals surface area (Å²) in [6, 6.07) is 0. The van der Waals surface area contributed by atoms with Crippen LogP contribution in [0.4, 0.5) is 0 Å². The van der Waals surface area contributed by atoms with Crippen molar-refractivity contribution >= 4 is 11.6 Å². The Bertz CT molecular complexity index is 134. The third-order valence-corrected chi connectivity index (χ3v) is 1.55. The quantitative estimate of drug-likeness (QED) is 0.691. The molecule has 3 heteroatoms. The Kier molecular flexibility index (Phi) is 4.73. The van der Waals surface area contributed by atoms with Crippen LogP contribution >= 0.6 is 11.6 Å². The molecule has 0 atom stereocenters. The molecule has 0 amide bonds. The van der Waals surface area contributed by atoms with Crippen molar-refractivity contribution < 1.29 is 4.74 Å². The zero-order valence-electron chi connectivity index (χ0n) is 7.41. The number of hydrogen-bond donors (Lipinski definition) is 1. The Morgan fingerprint density at radius 3 is 2.55 bits per heavy atom. The van der Waals surface area contributed by atoms with Crippen LogP contribution in [0.25, 0.3) is 0 Å². The molecule has 0 radical (unpaired) electrons. The van der Waals surface area contributed by atoms with Gasteiger partial charge in [-0.15, -0.1) is 0 Å². The molecular weight excluding hydrogens is 162 g/mol. The molecule has 0 aromatic carbocycles. The van der Waals surface area contributed by atoms with E-state index in [0.717, 1.165) is 6.54 Å². The predicted octanol–water partition coefficient (Wildman–Crippen LogP) is 1.75. The van der Waals surface area contributed by atoms with E-state index in [1.165, 1.54) is 0 Å². The van der Waals surface area contributed by atoms with Crippen LogP contribution in [0, 0.1) is 0 Å². The molecule has 0 rings (SSSR count). The third-order valence-electron chi connectivity index (χ3n) is 1.42. The summed E-state index contributed by atoms with van der Waals surface area (Å²) in [6.45, 7) is 8.99. The molecule has 2 nitrogen and oxygen atoms in total. The second-order valence-electron chi connectivity index (χ2n) is 3.08. The molecule has 66 valence electrons. The molecule has 0 bridgehead atoms. The van der Waals surface area contributed by atoms with E-state index < -0.39 is 0 Å². The van der Waals surface area contributed by atoms with Crippen molar-refractivity contribution in [3.63, 3.8) is 0 Å². The van der Waals surface area contributed by atoms with E-state index in [2.05, 4.69) is 11.9 Å². The van der Waals surface area contributed by atoms with Crippen molar-refractivity contribution in [1.29, 1.82) is 0 Å². The fourth-order valence-electron chi connectivity index (χ4n) is 0.571. The average molecular weight is 178 g/mol. The maximum absolute atomic E-state index is 5.55. The summed E-state index contributed by atoms with van der Waals surface area (Å²) in [7, 11) is 1.69. The average Bonchev–Trinajstić information content (AvgIpc) is 1.87. The largest absolute Gasteiger partial charge is 0.377 e. The van der Waals surface area contributed by atoms with E-state index >= 15 is 0 Å². The maximum atomic E-state index is 5.55. The van der Waals surface area contributed by atoms with Gasteiger partial charge in [0.25, 0.3) is 0 Å². The number of nitrogens with one attached hydrogen (secondary N) is 1. The van der Waals surface area contributed by atoms with E-state index in [9.17, 15) is 0 Å². The van der Waals surface area contributed by atoms with Crippen molar-refractivity contribution in [2.75, 3.05) is 20.2 Å². The molecule has 1 N–H and O–H groups in total. The summed E-state index contributed by atoms with van der Waals surface area (Å²) in [5, 5.41) is 3.74. The highest BCUT2D eigenvalue weighted by atomic mass is 35.5. The van der Waals surface area contributed by atoms with Gasteiger partial charge in [0.1, 0.15) is 0 Å². The summed E-state index contributed by atoms with van der Waals surface area (Å²) >= 11 is 5.55. The van der Waals surface area contributed by atoms with E-state index in [1.807, 2.05) is 13.8 Å². The molecular formula is C8H16ClNO. The first-order valence-electron chi connectivity index (χ1n) is 3.57. The molecule has 11 heavy (non-hydrogen) atoms. The van der Waals surface area contributed by atoms with Gasteiger partial charge >= 0.3 is 0 Å². The van der Waals surface area contributed by atoms with Crippen molar-refractivity contribution in [3.8, 4) is 0 Å². The topological polar surface area (TPSA) is 21.3 Å². The Morgan fingerprint density at radius 1 is 1.64 bits per heavy atom. The smallest absolute Gasteiger partial charge is 0.0746 e. The SMILES string of the molecule is C=C(Cl)CNCC(C)(C)OC. The van der Waals surface area contributed by atoms with Gasteiger partial charge in [0, 0.05) is 25.2 Å². The van der Waals surface area contributed by atoms with Gasteiger partial charge < -0.3 is 10.1 Å². The van der Waals surface area contributed by atoms with Crippen LogP contribution in [0.1, 0.15) is 13.8 Å². The first-order valence-corrected chi connectivity index (χ1v) is 3.95. The molecule has 0 saturated heterocycles. The Morgan fingerprint density at radius 2 is 2.18 bits per heavy atom. The number of halogens is 1. The summed E-state index contributed by atoms with van der Waals surface area (Å²) in [5.74, 6) is 0. The molecule has 0 aromatic heterocycles. The van der Waals surface area contributed by atoms with Crippen LogP contribution in [0.15, 0.2) is 11.6 Å². The molecule has 0 aliphatic rings. The van der Waals surface area contributed by atoms with Crippen LogP contribution in [-0.2, 0) is 4.74 Å². The summed E-state index contributed by atoms with van der Waals surface area (Å²) in [4.78, 5) is 0. The number of methoxy groups -OCH3 is 1. The second-order valence-corrected chi connectivity index (χ2v) is 3.62. The lowest BCUT2D eigenvalue weighted by atomic mass is 10.1. The van der Waals surface area contributed by atoms with E-state index in [4.69, 9.17) is 16.3 Å². The van der Waals surface area contributed by atoms with Gasteiger partial charge in [0.05, 0.1) is 5.60 Å². The van der Waals surface area contributed by atoms with Crippen molar-refractivity contribution in [3.05, 3.63) is 11.6 Å². The second kappa shape index (κ2) is 4.75. The van der Waals surface area contributed by atoms with E-state index in [0.29, 0.717) is 11.6 Å². The van der Waals surface area contributed by atoms with Gasteiger partial charge in [-0.25, -0.2) is 0 Å². The normalized spacial score (nSPS) is 11.6. The van der Waals surface area contributed by atoms with Crippen LogP contribution < -0.4 is 5.32 Å². The summed E-state index contributed by atoms with van der Waals surface area (Å²) in [6.07, 6.45) is 0. The van der Waals surface area contributed by atoms with Gasteiger partial charge in [0.2, 0.25) is 0 Å². The van der Waals surface area contributed by atoms with Crippen LogP contribution in [0.2, 0.25) is 0 Å². The van der Waals surface area contributed by atoms with Crippen molar-refractivity contribution in [1.82, 2.24) is 5.32 Å². The molecule has 0 unspecified atom stereocenters. The summed E-state index contributed by atoms with van der Waals surface area (Å²) in [5.41, 5.74) is -0.133. The first kappa shape index (κ1) is 11.0. The third kappa shape index (κ3) is 6.35. The molecule has 0 aromatic rings. The van der Waals surface area contributed by atoms with Gasteiger partial charge in [-0.3, -0.25) is 0 Å². The zero-order valence-corrected chi connectivity index (χ0v) is 8.16. The Balaban J connectivity index is 3.45. The molecule has 0 fully saturated rings. The Hall–Kier alpha value is -0.0500. The predicted molar refractivity (Wildman–Crippen MR) is 49.0 cm³/mol. The van der Waals surface area contributed by atoms with Gasteiger partial charge in [0.15, 0.2) is 0 Å². The Labute approximate surface area is 73.6 Å². The van der Waals surface area contributed by atoms with Crippen LogP contribution in [0.5, 0.6) is 0 Å². The van der Waals surface area contributed by atoms with Gasteiger partial charge in [-0.1, -0.05) is 18.2 Å². The maximum Gasteiger partial charge on any atom is 0.0746 e. The zero-order chi connectivity index (χ0) is 8.91. The fourth-order valence-corrected chi connectivity index (χ4v) is 0.666. The molecule has 0 aliphatic heterocycles. The summed E-state index contributed by atoms with van der Waals surface area (Å²) < 4.78 is 5.18. The monoisotopic (exact) mass is 177 g/mol. The fraction of sp³-hybridized carbons (Fsp3) is 0.750. The number of hydrogen-bond acceptors (Lipinski definition) is 2. The van der Waals surface area contributed by atoms with Gasteiger partial charge in [-0.05, 0) is 13.8 Å². The van der Waals surface area contributed by atoms with Crippen LogP contribution in [-0.4, -0.2) is 25.8 Å². The minimum Gasteiger partial charge on any atom is -0.377 e. The minimum atomic E-state index is -0.133. The lowest BCUT2D eigenvalue weighted by Crippen LogP contribution is -2.37. The molecule has 0 aliphatic carbocycles. The first-order chi connectivity index (χ1) is 4.98. The van der Waals surface area contributed by atoms with E-state index in [1.54, 1.807) is 7.11 Å². The lowest BCUT2D eigenvalue weighted by molar-refractivity contribution is 0.0240.